The smallest absolute Gasteiger partial charge is 0.293 e. The second kappa shape index (κ2) is 17.1. The topological polar surface area (TPSA) is 24.7 Å². The fourth-order valence-corrected chi connectivity index (χ4v) is 6.80. The van der Waals surface area contributed by atoms with E-state index in [1.165, 1.54) is 39.0 Å². The van der Waals surface area contributed by atoms with E-state index in [4.69, 9.17) is 0 Å². The Bertz CT molecular complexity index is 1870. The van der Waals surface area contributed by atoms with Crippen molar-refractivity contribution in [1.82, 2.24) is 0 Å². The lowest BCUT2D eigenvalue weighted by atomic mass is 9.77. The minimum absolute atomic E-state index is 0.00687. The predicted molar refractivity (Wildman–Crippen MR) is 241 cm³/mol. The lowest BCUT2D eigenvalue weighted by Gasteiger charge is -2.28. The van der Waals surface area contributed by atoms with E-state index < -0.39 is 7.40 Å². The molecule has 5 heteroatoms. The molecule has 0 aliphatic heterocycles. The van der Waals surface area contributed by atoms with Crippen LogP contribution in [0, 0.1) is 5.92 Å². The Balaban J connectivity index is 2.67. The van der Waals surface area contributed by atoms with Crippen molar-refractivity contribution >= 4 is 24.4 Å². The number of halogens is 2. The van der Waals surface area contributed by atoms with Crippen LogP contribution in [0.5, 0.6) is 0 Å². The Labute approximate surface area is 334 Å². The molecule has 0 aromatic heterocycles. The number of benzene rings is 3. The SMILES string of the molecule is CN=C(C)/C=C(/C)C(C)/C(=C(C)/C(C)=C\C(C)=NB(F)F)c1cc(-c2cc(C(C)(C)C)cc(C(C)(C)C)c2)cc(-c2cc(C(C)(C)C)cc(C(C)(C)C)c2)c1. The zero-order valence-electron chi connectivity index (χ0n) is 37.7. The average molecular weight is 747 g/mol. The van der Waals surface area contributed by atoms with E-state index >= 15 is 0 Å². The predicted octanol–water partition coefficient (Wildman–Crippen LogP) is 15.0. The standard InChI is InChI=1S/C50H69BF2N2/c1-31(20-33(3)54-19)35(5)46(36(6)32(2)21-34(4)55-51(52)53)41-23-37(39-25-42(47(7,8)9)29-43(26-39)48(10,11)12)22-38(24-41)40-27-44(49(13,14)15)30-45(28-40)50(16,17)18/h20-30,35H,1-19H3/b31-20-,32-21-,46-36-,54-33?,55-34?. The zero-order chi connectivity index (χ0) is 42.0. The summed E-state index contributed by atoms with van der Waals surface area (Å²) in [5.74, 6) is -0.00687. The Morgan fingerprint density at radius 1 is 0.545 bits per heavy atom. The average Bonchev–Trinajstić information content (AvgIpc) is 3.05. The third-order valence-electron chi connectivity index (χ3n) is 10.9. The summed E-state index contributed by atoms with van der Waals surface area (Å²) in [5.41, 5.74) is 16.3. The fourth-order valence-electron chi connectivity index (χ4n) is 6.80. The monoisotopic (exact) mass is 747 g/mol. The summed E-state index contributed by atoms with van der Waals surface area (Å²) < 4.78 is 26.6. The van der Waals surface area contributed by atoms with Crippen LogP contribution in [-0.2, 0) is 21.7 Å². The minimum atomic E-state index is -2.75. The molecule has 3 aromatic rings. The van der Waals surface area contributed by atoms with Crippen LogP contribution in [0.15, 0.2) is 93.4 Å². The highest BCUT2D eigenvalue weighted by Crippen LogP contribution is 2.42. The zero-order valence-corrected chi connectivity index (χ0v) is 37.7. The van der Waals surface area contributed by atoms with E-state index in [1.54, 1.807) is 13.0 Å². The third kappa shape index (κ3) is 12.1. The second-order valence-electron chi connectivity index (χ2n) is 19.8. The summed E-state index contributed by atoms with van der Waals surface area (Å²) in [7, 11) is -0.939. The van der Waals surface area contributed by atoms with Crippen molar-refractivity contribution in [2.45, 2.75) is 146 Å². The van der Waals surface area contributed by atoms with Crippen LogP contribution in [0.25, 0.3) is 27.8 Å². The van der Waals surface area contributed by atoms with Crippen LogP contribution in [0.3, 0.4) is 0 Å². The van der Waals surface area contributed by atoms with Gasteiger partial charge in [0.2, 0.25) is 0 Å². The van der Waals surface area contributed by atoms with E-state index in [9.17, 15) is 8.63 Å². The molecule has 0 amide bonds. The Morgan fingerprint density at radius 2 is 0.909 bits per heavy atom. The maximum Gasteiger partial charge on any atom is 0.692 e. The molecule has 0 aliphatic rings. The van der Waals surface area contributed by atoms with Gasteiger partial charge in [0.15, 0.2) is 0 Å². The third-order valence-corrected chi connectivity index (χ3v) is 10.9. The fraction of sp³-hybridized carbons (Fsp3) is 0.480. The molecule has 296 valence electrons. The lowest BCUT2D eigenvalue weighted by Crippen LogP contribution is -2.16. The van der Waals surface area contributed by atoms with Gasteiger partial charge in [-0.1, -0.05) is 132 Å². The van der Waals surface area contributed by atoms with Gasteiger partial charge in [0.05, 0.1) is 0 Å². The van der Waals surface area contributed by atoms with Crippen molar-refractivity contribution < 1.29 is 8.63 Å². The van der Waals surface area contributed by atoms with Crippen LogP contribution in [-0.4, -0.2) is 25.9 Å². The molecule has 0 saturated carbocycles. The summed E-state index contributed by atoms with van der Waals surface area (Å²) >= 11 is 0. The first-order chi connectivity index (χ1) is 25.0. The van der Waals surface area contributed by atoms with E-state index in [2.05, 4.69) is 174 Å². The van der Waals surface area contributed by atoms with Crippen molar-refractivity contribution in [2.75, 3.05) is 7.05 Å². The van der Waals surface area contributed by atoms with E-state index in [-0.39, 0.29) is 27.6 Å². The van der Waals surface area contributed by atoms with Crippen molar-refractivity contribution in [2.24, 2.45) is 15.8 Å². The number of hydrogen-bond donors (Lipinski definition) is 0. The quantitative estimate of drug-likeness (QED) is 0.118. The molecule has 0 radical (unpaired) electrons. The largest absolute Gasteiger partial charge is 0.692 e. The van der Waals surface area contributed by atoms with Gasteiger partial charge < -0.3 is 0 Å². The molecular formula is C50H69BF2N2. The first-order valence-corrected chi connectivity index (χ1v) is 19.8. The highest BCUT2D eigenvalue weighted by Gasteiger charge is 2.25. The highest BCUT2D eigenvalue weighted by atomic mass is 19.2. The van der Waals surface area contributed by atoms with Crippen LogP contribution >= 0.6 is 0 Å². The molecule has 0 heterocycles. The lowest BCUT2D eigenvalue weighted by molar-refractivity contribution is 0.568. The molecule has 3 rings (SSSR count). The number of nitrogens with zero attached hydrogens (tertiary/aromatic N) is 2. The molecule has 1 atom stereocenters. The van der Waals surface area contributed by atoms with Gasteiger partial charge in [-0.25, -0.2) is 0 Å². The van der Waals surface area contributed by atoms with Crippen molar-refractivity contribution in [3.63, 3.8) is 0 Å². The van der Waals surface area contributed by atoms with Gasteiger partial charge in [0.25, 0.3) is 0 Å². The maximum absolute atomic E-state index is 13.3. The molecule has 3 aromatic carbocycles. The van der Waals surface area contributed by atoms with Crippen LogP contribution in [0.2, 0.25) is 0 Å². The number of aliphatic imine (C=N–C) groups is 1. The van der Waals surface area contributed by atoms with Crippen molar-refractivity contribution in [3.05, 3.63) is 111 Å². The van der Waals surface area contributed by atoms with E-state index in [0.717, 1.165) is 39.1 Å². The molecular weight excluding hydrogens is 677 g/mol. The van der Waals surface area contributed by atoms with Crippen LogP contribution < -0.4 is 0 Å². The van der Waals surface area contributed by atoms with Crippen molar-refractivity contribution in [1.29, 1.82) is 0 Å². The molecule has 0 spiro atoms. The first-order valence-electron chi connectivity index (χ1n) is 19.8. The maximum atomic E-state index is 13.3. The van der Waals surface area contributed by atoms with Gasteiger partial charge in [0.1, 0.15) is 0 Å². The molecule has 0 bridgehead atoms. The first kappa shape index (κ1) is 45.5. The molecule has 0 fully saturated rings. The van der Waals surface area contributed by atoms with E-state index in [0.29, 0.717) is 5.71 Å². The summed E-state index contributed by atoms with van der Waals surface area (Å²) in [6.07, 6.45) is 3.93. The molecule has 0 saturated heterocycles. The molecule has 1 unspecified atom stereocenters. The van der Waals surface area contributed by atoms with Crippen LogP contribution in [0.1, 0.15) is 152 Å². The Hall–Kier alpha value is -3.86. The second-order valence-corrected chi connectivity index (χ2v) is 19.8. The van der Waals surface area contributed by atoms with Gasteiger partial charge in [0, 0.05) is 24.4 Å². The summed E-state index contributed by atoms with van der Waals surface area (Å²) in [6.45, 7) is 39.5. The van der Waals surface area contributed by atoms with Gasteiger partial charge in [-0.3, -0.25) is 18.5 Å². The summed E-state index contributed by atoms with van der Waals surface area (Å²) in [6, 6.07) is 21.3. The van der Waals surface area contributed by atoms with Gasteiger partial charge in [-0.05, 0) is 153 Å². The molecule has 2 nitrogen and oxygen atoms in total. The minimum Gasteiger partial charge on any atom is -0.293 e. The Kier molecular flexibility index (Phi) is 14.2. The van der Waals surface area contributed by atoms with Gasteiger partial charge in [-0.15, -0.1) is 0 Å². The molecule has 55 heavy (non-hydrogen) atoms. The van der Waals surface area contributed by atoms with Crippen LogP contribution in [0.4, 0.5) is 8.63 Å². The van der Waals surface area contributed by atoms with Gasteiger partial charge >= 0.3 is 7.40 Å². The number of rotatable bonds is 9. The summed E-state index contributed by atoms with van der Waals surface area (Å²) in [5, 5.41) is 0. The number of hydrogen-bond acceptors (Lipinski definition) is 2. The summed E-state index contributed by atoms with van der Waals surface area (Å²) in [4.78, 5) is 7.97. The normalized spacial score (nSPS) is 15.3. The van der Waals surface area contributed by atoms with Gasteiger partial charge in [-0.2, -0.15) is 0 Å². The Morgan fingerprint density at radius 3 is 1.24 bits per heavy atom. The molecule has 0 N–H and O–H groups in total. The highest BCUT2D eigenvalue weighted by molar-refractivity contribution is 6.43. The van der Waals surface area contributed by atoms with Crippen molar-refractivity contribution in [3.8, 4) is 22.3 Å². The number of allylic oxidation sites excluding steroid dienone is 6. The molecule has 0 aliphatic carbocycles. The van der Waals surface area contributed by atoms with E-state index in [1.807, 2.05) is 20.9 Å².